The fraction of sp³-hybridized carbons (Fsp3) is 0.118. The first-order valence-electron chi connectivity index (χ1n) is 6.73. The Morgan fingerprint density at radius 1 is 1.05 bits per heavy atom. The van der Waals surface area contributed by atoms with Crippen molar-refractivity contribution in [1.82, 2.24) is 10.3 Å². The van der Waals surface area contributed by atoms with Crippen molar-refractivity contribution in [1.29, 1.82) is 0 Å². The third-order valence-electron chi connectivity index (χ3n) is 3.15. The van der Waals surface area contributed by atoms with Crippen LogP contribution in [0.4, 0.5) is 4.39 Å². The van der Waals surface area contributed by atoms with Crippen LogP contribution >= 0.6 is 11.3 Å². The van der Waals surface area contributed by atoms with E-state index >= 15 is 0 Å². The molecule has 0 saturated carbocycles. The van der Waals surface area contributed by atoms with Crippen molar-refractivity contribution in [3.05, 3.63) is 65.3 Å². The summed E-state index contributed by atoms with van der Waals surface area (Å²) in [5.74, 6) is -0.237. The molecule has 0 saturated heterocycles. The van der Waals surface area contributed by atoms with Crippen LogP contribution in [0.5, 0.6) is 0 Å². The third-order valence-corrected chi connectivity index (χ3v) is 4.26. The molecule has 0 bridgehead atoms. The lowest BCUT2D eigenvalue weighted by Gasteiger charge is -2.00. The summed E-state index contributed by atoms with van der Waals surface area (Å²) in [6.45, 7) is 0.747. The van der Waals surface area contributed by atoms with Gasteiger partial charge in [-0.1, -0.05) is 42.5 Å². The van der Waals surface area contributed by atoms with E-state index in [0.29, 0.717) is 0 Å². The Morgan fingerprint density at radius 3 is 2.52 bits per heavy atom. The normalized spacial score (nSPS) is 10.8. The molecule has 2 aromatic carbocycles. The fourth-order valence-electron chi connectivity index (χ4n) is 2.20. The number of rotatable bonds is 4. The Kier molecular flexibility index (Phi) is 4.08. The van der Waals surface area contributed by atoms with Crippen molar-refractivity contribution in [3.8, 4) is 21.8 Å². The maximum atomic E-state index is 13.4. The second-order valence-electron chi connectivity index (χ2n) is 4.70. The van der Waals surface area contributed by atoms with Crippen LogP contribution in [0.2, 0.25) is 0 Å². The largest absolute Gasteiger partial charge is 0.315 e. The van der Waals surface area contributed by atoms with Gasteiger partial charge in [-0.3, -0.25) is 0 Å². The van der Waals surface area contributed by atoms with Gasteiger partial charge in [-0.05, 0) is 19.2 Å². The molecule has 0 aliphatic heterocycles. The SMILES string of the molecule is CNCc1sc(-c2cccc(F)c2)nc1-c1ccccc1. The van der Waals surface area contributed by atoms with E-state index in [-0.39, 0.29) is 5.82 Å². The molecule has 1 aromatic heterocycles. The summed E-state index contributed by atoms with van der Waals surface area (Å²) in [5.41, 5.74) is 2.87. The van der Waals surface area contributed by atoms with E-state index in [1.165, 1.54) is 12.1 Å². The summed E-state index contributed by atoms with van der Waals surface area (Å²) in [6.07, 6.45) is 0. The van der Waals surface area contributed by atoms with Crippen LogP contribution in [0, 0.1) is 5.82 Å². The number of aromatic nitrogens is 1. The van der Waals surface area contributed by atoms with Gasteiger partial charge in [-0.2, -0.15) is 0 Å². The van der Waals surface area contributed by atoms with Gasteiger partial charge in [0.1, 0.15) is 10.8 Å². The monoisotopic (exact) mass is 298 g/mol. The molecule has 21 heavy (non-hydrogen) atoms. The topological polar surface area (TPSA) is 24.9 Å². The van der Waals surface area contributed by atoms with Gasteiger partial charge in [0.25, 0.3) is 0 Å². The van der Waals surface area contributed by atoms with Crippen LogP contribution in [0.25, 0.3) is 21.8 Å². The van der Waals surface area contributed by atoms with Gasteiger partial charge >= 0.3 is 0 Å². The molecule has 3 rings (SSSR count). The molecule has 0 amide bonds. The Hall–Kier alpha value is -2.04. The van der Waals surface area contributed by atoms with Crippen LogP contribution in [-0.2, 0) is 6.54 Å². The highest BCUT2D eigenvalue weighted by molar-refractivity contribution is 7.15. The molecule has 4 heteroatoms. The van der Waals surface area contributed by atoms with E-state index in [1.807, 2.05) is 43.4 Å². The molecule has 0 spiro atoms. The number of benzene rings is 2. The standard InChI is InChI=1S/C17H15FN2S/c1-19-11-15-16(12-6-3-2-4-7-12)20-17(21-15)13-8-5-9-14(18)10-13/h2-10,19H,11H2,1H3. The lowest BCUT2D eigenvalue weighted by Crippen LogP contribution is -2.04. The molecule has 0 aliphatic rings. The van der Waals surface area contributed by atoms with Crippen molar-refractivity contribution >= 4 is 11.3 Å². The molecule has 2 nitrogen and oxygen atoms in total. The van der Waals surface area contributed by atoms with E-state index in [1.54, 1.807) is 17.4 Å². The molecule has 3 aromatic rings. The summed E-state index contributed by atoms with van der Waals surface area (Å²) in [6, 6.07) is 16.7. The van der Waals surface area contributed by atoms with Crippen LogP contribution in [-0.4, -0.2) is 12.0 Å². The highest BCUT2D eigenvalue weighted by Crippen LogP contribution is 2.33. The van der Waals surface area contributed by atoms with Crippen LogP contribution in [0.3, 0.4) is 0 Å². The first kappa shape index (κ1) is 13.9. The molecular weight excluding hydrogens is 283 g/mol. The van der Waals surface area contributed by atoms with Crippen molar-refractivity contribution in [2.24, 2.45) is 0 Å². The first-order chi connectivity index (χ1) is 10.3. The van der Waals surface area contributed by atoms with Gasteiger partial charge in [0.15, 0.2) is 0 Å². The molecule has 0 radical (unpaired) electrons. The lowest BCUT2D eigenvalue weighted by atomic mass is 10.1. The summed E-state index contributed by atoms with van der Waals surface area (Å²) < 4.78 is 13.4. The maximum Gasteiger partial charge on any atom is 0.124 e. The highest BCUT2D eigenvalue weighted by atomic mass is 32.1. The molecule has 1 N–H and O–H groups in total. The minimum absolute atomic E-state index is 0.237. The van der Waals surface area contributed by atoms with Gasteiger partial charge in [-0.25, -0.2) is 9.37 Å². The fourth-order valence-corrected chi connectivity index (χ4v) is 3.29. The smallest absolute Gasteiger partial charge is 0.124 e. The van der Waals surface area contributed by atoms with Crippen molar-refractivity contribution in [2.75, 3.05) is 7.05 Å². The van der Waals surface area contributed by atoms with E-state index in [0.717, 1.165) is 33.3 Å². The van der Waals surface area contributed by atoms with E-state index < -0.39 is 0 Å². The van der Waals surface area contributed by atoms with E-state index in [4.69, 9.17) is 4.98 Å². The van der Waals surface area contributed by atoms with Crippen molar-refractivity contribution in [2.45, 2.75) is 6.54 Å². The number of hydrogen-bond acceptors (Lipinski definition) is 3. The molecule has 106 valence electrons. The average molecular weight is 298 g/mol. The van der Waals surface area contributed by atoms with Gasteiger partial charge in [0.2, 0.25) is 0 Å². The number of hydrogen-bond donors (Lipinski definition) is 1. The van der Waals surface area contributed by atoms with Crippen LogP contribution in [0.1, 0.15) is 4.88 Å². The second-order valence-corrected chi connectivity index (χ2v) is 5.78. The third kappa shape index (κ3) is 3.01. The molecular formula is C17H15FN2S. The van der Waals surface area contributed by atoms with Gasteiger partial charge in [0.05, 0.1) is 5.69 Å². The molecule has 0 unspecified atom stereocenters. The number of nitrogens with zero attached hydrogens (tertiary/aromatic N) is 1. The Bertz CT molecular complexity index is 738. The number of nitrogens with one attached hydrogen (secondary N) is 1. The zero-order valence-electron chi connectivity index (χ0n) is 11.6. The molecule has 1 heterocycles. The summed E-state index contributed by atoms with van der Waals surface area (Å²) in [4.78, 5) is 5.88. The predicted octanol–water partition coefficient (Wildman–Crippen LogP) is 4.34. The predicted molar refractivity (Wildman–Crippen MR) is 85.7 cm³/mol. The van der Waals surface area contributed by atoms with Crippen molar-refractivity contribution in [3.63, 3.8) is 0 Å². The summed E-state index contributed by atoms with van der Waals surface area (Å²) in [5, 5.41) is 4.01. The molecule has 0 aliphatic carbocycles. The van der Waals surface area contributed by atoms with Crippen LogP contribution < -0.4 is 5.32 Å². The quantitative estimate of drug-likeness (QED) is 0.775. The zero-order valence-corrected chi connectivity index (χ0v) is 12.5. The average Bonchev–Trinajstić information content (AvgIpc) is 2.93. The molecule has 0 atom stereocenters. The Labute approximate surface area is 127 Å². The van der Waals surface area contributed by atoms with Crippen LogP contribution in [0.15, 0.2) is 54.6 Å². The van der Waals surface area contributed by atoms with Gasteiger partial charge in [-0.15, -0.1) is 11.3 Å². The minimum atomic E-state index is -0.237. The Morgan fingerprint density at radius 2 is 1.81 bits per heavy atom. The zero-order chi connectivity index (χ0) is 14.7. The van der Waals surface area contributed by atoms with Gasteiger partial charge in [0, 0.05) is 22.5 Å². The van der Waals surface area contributed by atoms with Gasteiger partial charge < -0.3 is 5.32 Å². The highest BCUT2D eigenvalue weighted by Gasteiger charge is 2.13. The first-order valence-corrected chi connectivity index (χ1v) is 7.55. The van der Waals surface area contributed by atoms with Crippen molar-refractivity contribution < 1.29 is 4.39 Å². The Balaban J connectivity index is 2.08. The second kappa shape index (κ2) is 6.16. The summed E-state index contributed by atoms with van der Waals surface area (Å²) >= 11 is 1.60. The minimum Gasteiger partial charge on any atom is -0.315 e. The summed E-state index contributed by atoms with van der Waals surface area (Å²) in [7, 11) is 1.91. The molecule has 0 fully saturated rings. The lowest BCUT2D eigenvalue weighted by molar-refractivity contribution is 0.628. The van der Waals surface area contributed by atoms with E-state index in [9.17, 15) is 4.39 Å². The number of thiazole rings is 1. The maximum absolute atomic E-state index is 13.4. The van der Waals surface area contributed by atoms with E-state index in [2.05, 4.69) is 5.32 Å². The number of halogens is 1.